The average molecular weight is 219 g/mol. The lowest BCUT2D eigenvalue weighted by Gasteiger charge is -2.18. The van der Waals surface area contributed by atoms with Crippen LogP contribution in [0.4, 0.5) is 0 Å². The number of hydrogen-bond acceptors (Lipinski definition) is 2. The summed E-state index contributed by atoms with van der Waals surface area (Å²) in [6.07, 6.45) is 1.83. The molecule has 0 saturated heterocycles. The Morgan fingerprint density at radius 2 is 2.21 bits per heavy atom. The molecule has 82 valence electrons. The second kappa shape index (κ2) is 7.83. The second-order valence-electron chi connectivity index (χ2n) is 3.41. The molecule has 0 saturated carbocycles. The van der Waals surface area contributed by atoms with Crippen molar-refractivity contribution in [3.05, 3.63) is 11.6 Å². The Hall–Kier alpha value is -0.540. The molecule has 0 fully saturated rings. The van der Waals surface area contributed by atoms with Crippen molar-refractivity contribution in [2.45, 2.75) is 26.8 Å². The van der Waals surface area contributed by atoms with Crippen molar-refractivity contribution in [2.75, 3.05) is 19.6 Å². The zero-order valence-electron chi connectivity index (χ0n) is 9.09. The Balaban J connectivity index is 3.85. The molecule has 0 atom stereocenters. The van der Waals surface area contributed by atoms with Crippen LogP contribution in [0.1, 0.15) is 20.8 Å². The van der Waals surface area contributed by atoms with E-state index in [0.29, 0.717) is 13.1 Å². The molecular weight excluding hydrogens is 200 g/mol. The van der Waals surface area contributed by atoms with Gasteiger partial charge in [-0.1, -0.05) is 24.6 Å². The third-order valence-electron chi connectivity index (χ3n) is 1.72. The largest absolute Gasteiger partial charge is 0.353 e. The predicted molar refractivity (Wildman–Crippen MR) is 60.4 cm³/mol. The number of likely N-dealkylation sites (N-methyl/N-ethyl adjacent to an activating group) is 1. The predicted octanol–water partition coefficient (Wildman–Crippen LogP) is 1.59. The Kier molecular flexibility index (Phi) is 7.52. The summed E-state index contributed by atoms with van der Waals surface area (Å²) in [5.41, 5.74) is 1.48. The van der Waals surface area contributed by atoms with Crippen molar-refractivity contribution in [3.63, 3.8) is 0 Å². The first-order valence-corrected chi connectivity index (χ1v) is 5.30. The van der Waals surface area contributed by atoms with Crippen LogP contribution in [0.15, 0.2) is 11.6 Å². The van der Waals surface area contributed by atoms with Crippen molar-refractivity contribution in [2.24, 2.45) is 0 Å². The highest BCUT2D eigenvalue weighted by atomic mass is 35.5. The third-order valence-corrected chi connectivity index (χ3v) is 1.89. The van der Waals surface area contributed by atoms with Crippen LogP contribution in [0, 0.1) is 0 Å². The van der Waals surface area contributed by atoms with E-state index in [2.05, 4.69) is 5.32 Å². The molecule has 0 aliphatic heterocycles. The van der Waals surface area contributed by atoms with Gasteiger partial charge in [0.15, 0.2) is 0 Å². The molecule has 14 heavy (non-hydrogen) atoms. The number of carbonyl (C=O) groups excluding carboxylic acids is 1. The third kappa shape index (κ3) is 6.92. The van der Waals surface area contributed by atoms with Gasteiger partial charge in [0.05, 0.1) is 6.54 Å². The molecule has 1 N–H and O–H groups in total. The molecule has 0 aromatic heterocycles. The van der Waals surface area contributed by atoms with Crippen molar-refractivity contribution in [1.82, 2.24) is 10.2 Å². The number of rotatable bonds is 6. The van der Waals surface area contributed by atoms with Crippen LogP contribution in [0.5, 0.6) is 0 Å². The van der Waals surface area contributed by atoms with Gasteiger partial charge in [-0.25, -0.2) is 0 Å². The SMILES string of the molecule is CCN(C/C=C/Cl)CC(=O)NC(C)C. The van der Waals surface area contributed by atoms with E-state index in [0.717, 1.165) is 6.54 Å². The maximum atomic E-state index is 11.4. The van der Waals surface area contributed by atoms with Crippen LogP contribution in [-0.2, 0) is 4.79 Å². The molecule has 0 bridgehead atoms. The number of amides is 1. The van der Waals surface area contributed by atoms with Crippen LogP contribution in [-0.4, -0.2) is 36.5 Å². The van der Waals surface area contributed by atoms with E-state index in [1.165, 1.54) is 5.54 Å². The van der Waals surface area contributed by atoms with E-state index in [9.17, 15) is 4.79 Å². The van der Waals surface area contributed by atoms with Crippen LogP contribution >= 0.6 is 11.6 Å². The van der Waals surface area contributed by atoms with Crippen molar-refractivity contribution < 1.29 is 4.79 Å². The number of nitrogens with one attached hydrogen (secondary N) is 1. The van der Waals surface area contributed by atoms with Gasteiger partial charge >= 0.3 is 0 Å². The fraction of sp³-hybridized carbons (Fsp3) is 0.700. The minimum atomic E-state index is 0.0600. The van der Waals surface area contributed by atoms with Crippen LogP contribution in [0.2, 0.25) is 0 Å². The van der Waals surface area contributed by atoms with Gasteiger partial charge in [0.25, 0.3) is 0 Å². The highest BCUT2D eigenvalue weighted by Crippen LogP contribution is 1.90. The molecule has 0 aromatic carbocycles. The van der Waals surface area contributed by atoms with Gasteiger partial charge < -0.3 is 5.32 Å². The van der Waals surface area contributed by atoms with Gasteiger partial charge in [0, 0.05) is 18.1 Å². The Morgan fingerprint density at radius 3 is 2.64 bits per heavy atom. The summed E-state index contributed by atoms with van der Waals surface area (Å²) >= 11 is 5.42. The van der Waals surface area contributed by atoms with Crippen LogP contribution in [0.3, 0.4) is 0 Å². The van der Waals surface area contributed by atoms with Crippen LogP contribution < -0.4 is 5.32 Å². The maximum Gasteiger partial charge on any atom is 0.234 e. The Labute approximate surface area is 91.1 Å². The number of halogens is 1. The number of hydrogen-bond donors (Lipinski definition) is 1. The highest BCUT2D eigenvalue weighted by Gasteiger charge is 2.07. The van der Waals surface area contributed by atoms with Crippen LogP contribution in [0.25, 0.3) is 0 Å². The summed E-state index contributed by atoms with van der Waals surface area (Å²) in [7, 11) is 0. The summed E-state index contributed by atoms with van der Waals surface area (Å²) < 4.78 is 0. The molecule has 4 heteroatoms. The first kappa shape index (κ1) is 13.5. The number of nitrogens with zero attached hydrogens (tertiary/aromatic N) is 1. The molecule has 0 spiro atoms. The summed E-state index contributed by atoms with van der Waals surface area (Å²) in [6.45, 7) is 7.90. The van der Waals surface area contributed by atoms with E-state index in [1.54, 1.807) is 0 Å². The Bertz CT molecular complexity index is 193. The normalized spacial score (nSPS) is 11.6. The molecule has 0 aromatic rings. The first-order valence-electron chi connectivity index (χ1n) is 4.87. The Morgan fingerprint density at radius 1 is 1.57 bits per heavy atom. The minimum absolute atomic E-state index is 0.0600. The second-order valence-corrected chi connectivity index (χ2v) is 3.66. The summed E-state index contributed by atoms with van der Waals surface area (Å²) in [5, 5.41) is 2.85. The van der Waals surface area contributed by atoms with E-state index < -0.39 is 0 Å². The smallest absolute Gasteiger partial charge is 0.234 e. The van der Waals surface area contributed by atoms with Crippen molar-refractivity contribution in [1.29, 1.82) is 0 Å². The van der Waals surface area contributed by atoms with Gasteiger partial charge in [0.2, 0.25) is 5.91 Å². The van der Waals surface area contributed by atoms with Gasteiger partial charge in [-0.15, -0.1) is 0 Å². The minimum Gasteiger partial charge on any atom is -0.353 e. The van der Waals surface area contributed by atoms with E-state index in [1.807, 2.05) is 31.7 Å². The van der Waals surface area contributed by atoms with Gasteiger partial charge in [-0.3, -0.25) is 9.69 Å². The van der Waals surface area contributed by atoms with E-state index in [4.69, 9.17) is 11.6 Å². The molecule has 0 unspecified atom stereocenters. The van der Waals surface area contributed by atoms with Gasteiger partial charge in [-0.05, 0) is 20.4 Å². The lowest BCUT2D eigenvalue weighted by Crippen LogP contribution is -2.40. The van der Waals surface area contributed by atoms with Gasteiger partial charge in [-0.2, -0.15) is 0 Å². The summed E-state index contributed by atoms with van der Waals surface area (Å²) in [4.78, 5) is 13.4. The summed E-state index contributed by atoms with van der Waals surface area (Å²) in [5.74, 6) is 0.0600. The van der Waals surface area contributed by atoms with E-state index >= 15 is 0 Å². The van der Waals surface area contributed by atoms with Crippen molar-refractivity contribution in [3.8, 4) is 0 Å². The molecule has 0 rings (SSSR count). The number of carbonyl (C=O) groups is 1. The first-order chi connectivity index (χ1) is 6.60. The molecule has 0 heterocycles. The zero-order chi connectivity index (χ0) is 11.0. The highest BCUT2D eigenvalue weighted by molar-refractivity contribution is 6.25. The van der Waals surface area contributed by atoms with Gasteiger partial charge in [0.1, 0.15) is 0 Å². The monoisotopic (exact) mass is 218 g/mol. The lowest BCUT2D eigenvalue weighted by molar-refractivity contribution is -0.122. The van der Waals surface area contributed by atoms with Crippen molar-refractivity contribution >= 4 is 17.5 Å². The maximum absolute atomic E-state index is 11.4. The fourth-order valence-corrected chi connectivity index (χ4v) is 1.14. The standard InChI is InChI=1S/C10H19ClN2O/c1-4-13(7-5-6-11)8-10(14)12-9(2)3/h5-6,9H,4,7-8H2,1-3H3,(H,12,14)/b6-5+. The average Bonchev–Trinajstić information content (AvgIpc) is 2.10. The van der Waals surface area contributed by atoms with E-state index in [-0.39, 0.29) is 11.9 Å². The molecular formula is C10H19ClN2O. The molecule has 0 radical (unpaired) electrons. The molecule has 1 amide bonds. The lowest BCUT2D eigenvalue weighted by atomic mass is 10.3. The summed E-state index contributed by atoms with van der Waals surface area (Å²) in [6, 6.07) is 0.199. The fourth-order valence-electron chi connectivity index (χ4n) is 1.07. The molecule has 0 aliphatic rings. The molecule has 3 nitrogen and oxygen atoms in total. The zero-order valence-corrected chi connectivity index (χ0v) is 9.84. The quantitative estimate of drug-likeness (QED) is 0.735. The molecule has 0 aliphatic carbocycles. The topological polar surface area (TPSA) is 32.3 Å².